The molecule has 0 aliphatic carbocycles. The van der Waals surface area contributed by atoms with Crippen molar-refractivity contribution in [1.82, 2.24) is 5.32 Å². The van der Waals surface area contributed by atoms with Gasteiger partial charge in [-0.3, -0.25) is 14.4 Å². The van der Waals surface area contributed by atoms with E-state index in [-0.39, 0.29) is 12.0 Å². The van der Waals surface area contributed by atoms with Crippen molar-refractivity contribution in [3.8, 4) is 16.9 Å². The number of amides is 1. The number of aliphatic carboxylic acids is 1. The highest BCUT2D eigenvalue weighted by molar-refractivity contribution is 5.98. The molecule has 3 aromatic rings. The quantitative estimate of drug-likeness (QED) is 0.478. The van der Waals surface area contributed by atoms with Gasteiger partial charge in [-0.1, -0.05) is 30.3 Å². The van der Waals surface area contributed by atoms with Crippen LogP contribution in [0.5, 0.6) is 5.75 Å². The third-order valence-corrected chi connectivity index (χ3v) is 4.81. The molecular weight excluding hydrogens is 432 g/mol. The Morgan fingerprint density at radius 3 is 2.42 bits per heavy atom. The summed E-state index contributed by atoms with van der Waals surface area (Å²) < 4.78 is 33.2. The molecule has 3 rings (SSSR count). The summed E-state index contributed by atoms with van der Waals surface area (Å²) in [6.45, 7) is 0.925. The number of ether oxygens (including phenoxy) is 1. The van der Waals surface area contributed by atoms with Crippen molar-refractivity contribution in [2.24, 2.45) is 0 Å². The Morgan fingerprint density at radius 1 is 0.970 bits per heavy atom. The molecule has 0 saturated carbocycles. The van der Waals surface area contributed by atoms with Crippen molar-refractivity contribution < 1.29 is 33.0 Å². The molecule has 2 N–H and O–H groups in total. The highest BCUT2D eigenvalue weighted by Gasteiger charge is 2.16. The van der Waals surface area contributed by atoms with Crippen LogP contribution in [0.25, 0.3) is 11.1 Å². The van der Waals surface area contributed by atoms with E-state index in [9.17, 15) is 23.2 Å². The Hall–Kier alpha value is -4.07. The van der Waals surface area contributed by atoms with Crippen LogP contribution in [-0.2, 0) is 16.0 Å². The van der Waals surface area contributed by atoms with Gasteiger partial charge in [0.2, 0.25) is 0 Å². The Morgan fingerprint density at radius 2 is 1.70 bits per heavy atom. The third-order valence-electron chi connectivity index (χ3n) is 4.81. The van der Waals surface area contributed by atoms with Crippen LogP contribution < -0.4 is 10.1 Å². The predicted molar refractivity (Wildman–Crippen MR) is 117 cm³/mol. The maximum absolute atomic E-state index is 14.4. The Labute approximate surface area is 188 Å². The molecule has 170 valence electrons. The third kappa shape index (κ3) is 6.46. The van der Waals surface area contributed by atoms with Gasteiger partial charge in [0.05, 0.1) is 5.56 Å². The molecule has 1 amide bonds. The summed E-state index contributed by atoms with van der Waals surface area (Å²) in [4.78, 5) is 35.3. The lowest BCUT2D eigenvalue weighted by molar-refractivity contribution is -0.141. The first kappa shape index (κ1) is 23.6. The van der Waals surface area contributed by atoms with Crippen LogP contribution in [0, 0.1) is 11.6 Å². The lowest BCUT2D eigenvalue weighted by Crippen LogP contribution is -2.40. The van der Waals surface area contributed by atoms with E-state index in [4.69, 9.17) is 9.84 Å². The second kappa shape index (κ2) is 10.5. The van der Waals surface area contributed by atoms with Gasteiger partial charge in [0, 0.05) is 6.42 Å². The number of carbonyl (C=O) groups excluding carboxylic acids is 2. The molecule has 0 radical (unpaired) electrons. The first-order chi connectivity index (χ1) is 15.7. The number of ketones is 1. The molecule has 0 aromatic heterocycles. The van der Waals surface area contributed by atoms with E-state index in [0.29, 0.717) is 22.4 Å². The van der Waals surface area contributed by atoms with E-state index < -0.39 is 41.9 Å². The normalized spacial score (nSPS) is 11.5. The minimum absolute atomic E-state index is 0.120. The molecule has 6 nitrogen and oxygen atoms in total. The van der Waals surface area contributed by atoms with Gasteiger partial charge in [-0.2, -0.15) is 0 Å². The van der Waals surface area contributed by atoms with Crippen LogP contribution in [-0.4, -0.2) is 35.4 Å². The molecule has 1 atom stereocenters. The topological polar surface area (TPSA) is 92.7 Å². The van der Waals surface area contributed by atoms with E-state index in [0.717, 1.165) is 0 Å². The van der Waals surface area contributed by atoms with Crippen LogP contribution in [0.4, 0.5) is 8.78 Å². The molecule has 3 aromatic carbocycles. The average Bonchev–Trinajstić information content (AvgIpc) is 2.78. The molecule has 1 unspecified atom stereocenters. The molecule has 33 heavy (non-hydrogen) atoms. The zero-order valence-electron chi connectivity index (χ0n) is 17.7. The van der Waals surface area contributed by atoms with Gasteiger partial charge in [0.15, 0.2) is 12.4 Å². The summed E-state index contributed by atoms with van der Waals surface area (Å²) in [7, 11) is 0. The van der Waals surface area contributed by atoms with E-state index in [2.05, 4.69) is 5.32 Å². The molecule has 0 spiro atoms. The maximum atomic E-state index is 14.4. The fourth-order valence-electron chi connectivity index (χ4n) is 3.11. The molecule has 0 aliphatic rings. The van der Waals surface area contributed by atoms with Gasteiger partial charge >= 0.3 is 5.97 Å². The lowest BCUT2D eigenvalue weighted by Gasteiger charge is -2.11. The van der Waals surface area contributed by atoms with Crippen LogP contribution in [0.1, 0.15) is 22.8 Å². The van der Waals surface area contributed by atoms with Crippen LogP contribution in [0.3, 0.4) is 0 Å². The number of hydrogen-bond donors (Lipinski definition) is 2. The zero-order valence-corrected chi connectivity index (χ0v) is 17.7. The van der Waals surface area contributed by atoms with Gasteiger partial charge in [-0.15, -0.1) is 0 Å². The summed E-state index contributed by atoms with van der Waals surface area (Å²) in [5, 5.41) is 11.1. The molecule has 0 saturated heterocycles. The summed E-state index contributed by atoms with van der Waals surface area (Å²) in [5.74, 6) is -3.08. The summed E-state index contributed by atoms with van der Waals surface area (Å²) in [6, 6.07) is 15.2. The minimum atomic E-state index is -1.17. The van der Waals surface area contributed by atoms with Gasteiger partial charge in [-0.25, -0.2) is 8.78 Å². The summed E-state index contributed by atoms with van der Waals surface area (Å²) in [6.07, 6.45) is -0.122. The van der Waals surface area contributed by atoms with Crippen molar-refractivity contribution in [3.05, 3.63) is 89.5 Å². The number of benzene rings is 3. The highest BCUT2D eigenvalue weighted by atomic mass is 19.1. The van der Waals surface area contributed by atoms with Crippen molar-refractivity contribution in [2.45, 2.75) is 19.4 Å². The molecule has 8 heteroatoms. The average molecular weight is 453 g/mol. The fraction of sp³-hybridized carbons (Fsp3) is 0.160. The number of carboxylic acids is 1. The molecule has 0 bridgehead atoms. The number of Topliss-reactive ketones (excluding diaryl/α,β-unsaturated/α-hetero) is 1. The first-order valence-electron chi connectivity index (χ1n) is 10.1. The van der Waals surface area contributed by atoms with Crippen LogP contribution in [0.2, 0.25) is 0 Å². The zero-order chi connectivity index (χ0) is 24.0. The van der Waals surface area contributed by atoms with Gasteiger partial charge < -0.3 is 15.2 Å². The smallest absolute Gasteiger partial charge is 0.325 e. The van der Waals surface area contributed by atoms with Crippen molar-refractivity contribution in [2.75, 3.05) is 6.61 Å². The second-order valence-electron chi connectivity index (χ2n) is 7.37. The lowest BCUT2D eigenvalue weighted by atomic mass is 9.97. The van der Waals surface area contributed by atoms with Gasteiger partial charge in [0.25, 0.3) is 5.91 Å². The number of carboxylic acid groups (broad SMARTS) is 1. The Balaban J connectivity index is 1.69. The number of nitrogens with one attached hydrogen (secondary N) is 1. The van der Waals surface area contributed by atoms with Gasteiger partial charge in [0.1, 0.15) is 23.4 Å². The SMILES string of the molecule is CC(NC(=O)COc1cccc(CC(=O)c2cc(-c3cccc(F)c3)ccc2F)c1)C(=O)O. The maximum Gasteiger partial charge on any atom is 0.325 e. The van der Waals surface area contributed by atoms with Crippen molar-refractivity contribution >= 4 is 17.7 Å². The van der Waals surface area contributed by atoms with E-state index in [1.807, 2.05) is 0 Å². The monoisotopic (exact) mass is 453 g/mol. The minimum Gasteiger partial charge on any atom is -0.484 e. The predicted octanol–water partition coefficient (Wildman–Crippen LogP) is 4.03. The number of rotatable bonds is 9. The number of hydrogen-bond acceptors (Lipinski definition) is 4. The largest absolute Gasteiger partial charge is 0.484 e. The molecule has 0 fully saturated rings. The Bertz CT molecular complexity index is 1190. The summed E-state index contributed by atoms with van der Waals surface area (Å²) in [5.41, 5.74) is 1.45. The standard InChI is InChI=1S/C25H21F2NO5/c1-15(25(31)32)28-24(30)14-33-20-7-2-4-16(10-20)11-23(29)21-13-18(8-9-22(21)27)17-5-3-6-19(26)12-17/h2-10,12-13,15H,11,14H2,1H3,(H,28,30)(H,31,32). The van der Waals surface area contributed by atoms with E-state index >= 15 is 0 Å². The van der Waals surface area contributed by atoms with Gasteiger partial charge in [-0.05, 0) is 60.0 Å². The fourth-order valence-corrected chi connectivity index (χ4v) is 3.11. The highest BCUT2D eigenvalue weighted by Crippen LogP contribution is 2.24. The van der Waals surface area contributed by atoms with Crippen LogP contribution in [0.15, 0.2) is 66.7 Å². The summed E-state index contributed by atoms with van der Waals surface area (Å²) >= 11 is 0. The molecule has 0 heterocycles. The van der Waals surface area contributed by atoms with E-state index in [1.54, 1.807) is 30.3 Å². The molecular formula is C25H21F2NO5. The molecule has 0 aliphatic heterocycles. The number of halogens is 2. The van der Waals surface area contributed by atoms with Crippen molar-refractivity contribution in [1.29, 1.82) is 0 Å². The van der Waals surface area contributed by atoms with E-state index in [1.165, 1.54) is 43.3 Å². The second-order valence-corrected chi connectivity index (χ2v) is 7.37. The first-order valence-corrected chi connectivity index (χ1v) is 10.1. The van der Waals surface area contributed by atoms with Crippen LogP contribution >= 0.6 is 0 Å². The van der Waals surface area contributed by atoms with Crippen molar-refractivity contribution in [3.63, 3.8) is 0 Å². The number of carbonyl (C=O) groups is 3. The Kier molecular flexibility index (Phi) is 7.50.